The van der Waals surface area contributed by atoms with Crippen LogP contribution in [0.5, 0.6) is 0 Å². The molecule has 2 saturated carbocycles. The van der Waals surface area contributed by atoms with Gasteiger partial charge in [-0.3, -0.25) is 0 Å². The van der Waals surface area contributed by atoms with E-state index in [4.69, 9.17) is 0 Å². The van der Waals surface area contributed by atoms with E-state index in [0.717, 1.165) is 19.3 Å². The van der Waals surface area contributed by atoms with Crippen LogP contribution < -0.4 is 0 Å². The Kier molecular flexibility index (Phi) is 3.02. The Balaban J connectivity index is 2.02. The van der Waals surface area contributed by atoms with E-state index in [0.29, 0.717) is 24.5 Å². The number of aliphatic hydroxyl groups excluding tert-OH is 1. The molecule has 2 fully saturated rings. The highest BCUT2D eigenvalue weighted by Crippen LogP contribution is 2.60. The fourth-order valence-corrected chi connectivity index (χ4v) is 3.93. The molecule has 4 atom stereocenters. The van der Waals surface area contributed by atoms with Crippen LogP contribution in [-0.2, 0) is 0 Å². The zero-order valence-corrected chi connectivity index (χ0v) is 10.7. The first-order chi connectivity index (χ1) is 9.48. The van der Waals surface area contributed by atoms with Gasteiger partial charge in [-0.05, 0) is 37.2 Å². The lowest BCUT2D eigenvalue weighted by molar-refractivity contribution is 0.0205. The van der Waals surface area contributed by atoms with Crippen LogP contribution in [0.25, 0.3) is 0 Å². The van der Waals surface area contributed by atoms with Crippen molar-refractivity contribution >= 4 is 0 Å². The van der Waals surface area contributed by atoms with E-state index in [-0.39, 0.29) is 11.5 Å². The predicted molar refractivity (Wildman–Crippen MR) is 64.8 cm³/mol. The minimum absolute atomic E-state index is 0.0000132. The van der Waals surface area contributed by atoms with Gasteiger partial charge in [-0.2, -0.15) is 5.26 Å². The van der Waals surface area contributed by atoms with Crippen molar-refractivity contribution in [1.82, 2.24) is 0 Å². The summed E-state index contributed by atoms with van der Waals surface area (Å²) in [6.07, 6.45) is 1.75. The summed E-state index contributed by atoms with van der Waals surface area (Å²) in [7, 11) is 0. The molecule has 2 bridgehead atoms. The number of fused-ring (bicyclic) bond motifs is 2. The van der Waals surface area contributed by atoms with Gasteiger partial charge >= 0.3 is 0 Å². The largest absolute Gasteiger partial charge is 0.387 e. The summed E-state index contributed by atoms with van der Waals surface area (Å²) in [4.78, 5) is 0. The zero-order valence-electron chi connectivity index (χ0n) is 10.7. The SMILES string of the molecule is N#CC1(C(O)c2cc(F)c(F)cc2F)CC2CCC1C2. The smallest absolute Gasteiger partial charge is 0.161 e. The Hall–Kier alpha value is -1.54. The summed E-state index contributed by atoms with van der Waals surface area (Å²) in [6.45, 7) is 0. The van der Waals surface area contributed by atoms with Gasteiger partial charge in [0.25, 0.3) is 0 Å². The maximum Gasteiger partial charge on any atom is 0.161 e. The van der Waals surface area contributed by atoms with E-state index >= 15 is 0 Å². The van der Waals surface area contributed by atoms with Crippen molar-refractivity contribution in [1.29, 1.82) is 5.26 Å². The number of nitrogens with zero attached hydrogens (tertiary/aromatic N) is 1. The maximum atomic E-state index is 13.8. The summed E-state index contributed by atoms with van der Waals surface area (Å²) in [5.74, 6) is -3.15. The first kappa shape index (κ1) is 13.4. The fraction of sp³-hybridized carbons (Fsp3) is 0.533. The van der Waals surface area contributed by atoms with Crippen molar-refractivity contribution in [3.8, 4) is 6.07 Å². The lowest BCUT2D eigenvalue weighted by atomic mass is 9.68. The average molecular weight is 281 g/mol. The maximum absolute atomic E-state index is 13.8. The second-order valence-electron chi connectivity index (χ2n) is 5.92. The Morgan fingerprint density at radius 2 is 1.90 bits per heavy atom. The first-order valence-corrected chi connectivity index (χ1v) is 6.71. The van der Waals surface area contributed by atoms with E-state index < -0.39 is 29.0 Å². The molecule has 0 aromatic heterocycles. The van der Waals surface area contributed by atoms with Gasteiger partial charge < -0.3 is 5.11 Å². The highest BCUT2D eigenvalue weighted by atomic mass is 19.2. The molecule has 1 aromatic rings. The minimum atomic E-state index is -1.42. The summed E-state index contributed by atoms with van der Waals surface area (Å²) in [6, 6.07) is 3.23. The molecular weight excluding hydrogens is 267 g/mol. The van der Waals surface area contributed by atoms with E-state index in [1.165, 1.54) is 0 Å². The molecule has 1 N–H and O–H groups in total. The normalized spacial score (nSPS) is 33.1. The molecule has 20 heavy (non-hydrogen) atoms. The topological polar surface area (TPSA) is 44.0 Å². The van der Waals surface area contributed by atoms with Crippen LogP contribution in [0.15, 0.2) is 12.1 Å². The quantitative estimate of drug-likeness (QED) is 0.844. The molecule has 0 amide bonds. The summed E-state index contributed by atoms with van der Waals surface area (Å²) >= 11 is 0. The van der Waals surface area contributed by atoms with Crippen molar-refractivity contribution in [2.45, 2.75) is 31.8 Å². The van der Waals surface area contributed by atoms with Crippen LogP contribution in [0.4, 0.5) is 13.2 Å². The molecule has 0 aliphatic heterocycles. The van der Waals surface area contributed by atoms with Crippen LogP contribution in [0.3, 0.4) is 0 Å². The lowest BCUT2D eigenvalue weighted by Crippen LogP contribution is -2.33. The molecule has 2 nitrogen and oxygen atoms in total. The molecule has 4 unspecified atom stereocenters. The molecule has 3 rings (SSSR count). The van der Waals surface area contributed by atoms with E-state index in [9.17, 15) is 23.5 Å². The summed E-state index contributed by atoms with van der Waals surface area (Å²) in [5, 5.41) is 19.9. The van der Waals surface area contributed by atoms with Crippen LogP contribution >= 0.6 is 0 Å². The average Bonchev–Trinajstić information content (AvgIpc) is 3.03. The van der Waals surface area contributed by atoms with E-state index in [1.807, 2.05) is 0 Å². The van der Waals surface area contributed by atoms with Gasteiger partial charge in [0.2, 0.25) is 0 Å². The van der Waals surface area contributed by atoms with Crippen molar-refractivity contribution < 1.29 is 18.3 Å². The van der Waals surface area contributed by atoms with Gasteiger partial charge in [-0.1, -0.05) is 6.42 Å². The molecule has 2 aliphatic carbocycles. The number of aliphatic hydroxyl groups is 1. The van der Waals surface area contributed by atoms with Crippen molar-refractivity contribution in [3.05, 3.63) is 35.1 Å². The van der Waals surface area contributed by atoms with Crippen molar-refractivity contribution in [2.24, 2.45) is 17.3 Å². The van der Waals surface area contributed by atoms with Crippen LogP contribution in [-0.4, -0.2) is 5.11 Å². The third kappa shape index (κ3) is 1.75. The molecule has 1 aromatic carbocycles. The number of halogens is 3. The van der Waals surface area contributed by atoms with Gasteiger partial charge in [-0.15, -0.1) is 0 Å². The molecule has 0 spiro atoms. The van der Waals surface area contributed by atoms with E-state index in [2.05, 4.69) is 6.07 Å². The molecule has 5 heteroatoms. The zero-order chi connectivity index (χ0) is 14.5. The standard InChI is InChI=1S/C15H14F3NO/c16-11-5-13(18)12(17)4-10(11)14(20)15(7-19)6-8-1-2-9(15)3-8/h4-5,8-9,14,20H,1-3,6H2. The Labute approximate surface area is 114 Å². The number of hydrogen-bond donors (Lipinski definition) is 1. The predicted octanol–water partition coefficient (Wildman–Crippen LogP) is 3.47. The van der Waals surface area contributed by atoms with Gasteiger partial charge in [0.15, 0.2) is 11.6 Å². The summed E-state index contributed by atoms with van der Waals surface area (Å²) < 4.78 is 40.1. The summed E-state index contributed by atoms with van der Waals surface area (Å²) in [5.41, 5.74) is -1.40. The van der Waals surface area contributed by atoms with Crippen molar-refractivity contribution in [3.63, 3.8) is 0 Å². The molecule has 0 heterocycles. The molecule has 2 aliphatic rings. The number of rotatable bonds is 2. The Morgan fingerprint density at radius 3 is 2.45 bits per heavy atom. The second-order valence-corrected chi connectivity index (χ2v) is 5.92. The minimum Gasteiger partial charge on any atom is -0.387 e. The van der Waals surface area contributed by atoms with Crippen LogP contribution in [0.1, 0.15) is 37.4 Å². The molecule has 0 radical (unpaired) electrons. The fourth-order valence-electron chi connectivity index (χ4n) is 3.93. The van der Waals surface area contributed by atoms with Gasteiger partial charge in [0, 0.05) is 11.6 Å². The monoisotopic (exact) mass is 281 g/mol. The van der Waals surface area contributed by atoms with Gasteiger partial charge in [0.1, 0.15) is 11.9 Å². The lowest BCUT2D eigenvalue weighted by Gasteiger charge is -2.35. The van der Waals surface area contributed by atoms with Crippen LogP contribution in [0, 0.1) is 46.0 Å². The highest BCUT2D eigenvalue weighted by Gasteiger charge is 2.56. The van der Waals surface area contributed by atoms with Crippen molar-refractivity contribution in [2.75, 3.05) is 0 Å². The van der Waals surface area contributed by atoms with Gasteiger partial charge in [0.05, 0.1) is 11.5 Å². The Bertz CT molecular complexity index is 598. The Morgan fingerprint density at radius 1 is 1.20 bits per heavy atom. The number of nitriles is 1. The molecule has 0 saturated heterocycles. The third-order valence-electron chi connectivity index (χ3n) is 4.93. The second kappa shape index (κ2) is 4.49. The van der Waals surface area contributed by atoms with Gasteiger partial charge in [-0.25, -0.2) is 13.2 Å². The van der Waals surface area contributed by atoms with Crippen LogP contribution in [0.2, 0.25) is 0 Å². The number of benzene rings is 1. The first-order valence-electron chi connectivity index (χ1n) is 6.71. The molecular formula is C15H14F3NO. The number of hydrogen-bond acceptors (Lipinski definition) is 2. The highest BCUT2D eigenvalue weighted by molar-refractivity contribution is 5.28. The molecule has 106 valence electrons. The van der Waals surface area contributed by atoms with E-state index in [1.54, 1.807) is 0 Å². The third-order valence-corrected chi connectivity index (χ3v) is 4.93.